The number of rotatable bonds is 4. The van der Waals surface area contributed by atoms with Crippen molar-refractivity contribution in [1.29, 1.82) is 0 Å². The second-order valence-corrected chi connectivity index (χ2v) is 6.40. The number of aliphatic hydroxyl groups excluding tert-OH is 1. The van der Waals surface area contributed by atoms with E-state index < -0.39 is 32.3 Å². The largest absolute Gasteiger partial charge is 0.392 e. The SMILES string of the molecule is CC(O)CN(C)S(=O)(=O)c1cn(C)c(=O)n(C)c1=O. The van der Waals surface area contributed by atoms with Gasteiger partial charge in [-0.2, -0.15) is 4.31 Å². The molecule has 19 heavy (non-hydrogen) atoms. The zero-order chi connectivity index (χ0) is 15.0. The summed E-state index contributed by atoms with van der Waals surface area (Å²) in [7, 11) is -0.226. The van der Waals surface area contributed by atoms with Crippen LogP contribution in [-0.4, -0.2) is 46.7 Å². The second-order valence-electron chi connectivity index (χ2n) is 4.39. The van der Waals surface area contributed by atoms with Crippen LogP contribution in [0.2, 0.25) is 0 Å². The molecule has 8 nitrogen and oxygen atoms in total. The van der Waals surface area contributed by atoms with E-state index in [0.717, 1.165) is 19.6 Å². The third-order valence-corrected chi connectivity index (χ3v) is 4.43. The summed E-state index contributed by atoms with van der Waals surface area (Å²) in [5, 5.41) is 9.21. The fourth-order valence-electron chi connectivity index (χ4n) is 1.59. The van der Waals surface area contributed by atoms with Crippen LogP contribution in [0.25, 0.3) is 0 Å². The summed E-state index contributed by atoms with van der Waals surface area (Å²) >= 11 is 0. The summed E-state index contributed by atoms with van der Waals surface area (Å²) in [5.41, 5.74) is -1.50. The summed E-state index contributed by atoms with van der Waals surface area (Å²) < 4.78 is 27.0. The molecule has 9 heteroatoms. The maximum Gasteiger partial charge on any atom is 0.330 e. The van der Waals surface area contributed by atoms with Crippen molar-refractivity contribution in [2.45, 2.75) is 17.9 Å². The van der Waals surface area contributed by atoms with E-state index in [4.69, 9.17) is 0 Å². The molecule has 0 aliphatic heterocycles. The first-order valence-electron chi connectivity index (χ1n) is 5.50. The molecule has 1 atom stereocenters. The van der Waals surface area contributed by atoms with Crippen LogP contribution in [0, 0.1) is 0 Å². The summed E-state index contributed by atoms with van der Waals surface area (Å²) in [6.45, 7) is 1.29. The van der Waals surface area contributed by atoms with E-state index in [1.807, 2.05) is 0 Å². The maximum absolute atomic E-state index is 12.2. The molecule has 108 valence electrons. The third-order valence-electron chi connectivity index (χ3n) is 2.62. The van der Waals surface area contributed by atoms with Crippen molar-refractivity contribution in [3.63, 3.8) is 0 Å². The highest BCUT2D eigenvalue weighted by Gasteiger charge is 2.26. The van der Waals surface area contributed by atoms with Crippen molar-refractivity contribution >= 4 is 10.0 Å². The molecule has 1 aromatic heterocycles. The van der Waals surface area contributed by atoms with Crippen LogP contribution in [0.3, 0.4) is 0 Å². The Hall–Kier alpha value is -1.45. The fraction of sp³-hybridized carbons (Fsp3) is 0.600. The highest BCUT2D eigenvalue weighted by atomic mass is 32.2. The van der Waals surface area contributed by atoms with Gasteiger partial charge in [-0.3, -0.25) is 9.36 Å². The Morgan fingerprint density at radius 1 is 1.37 bits per heavy atom. The lowest BCUT2D eigenvalue weighted by Crippen LogP contribution is -2.42. The summed E-state index contributed by atoms with van der Waals surface area (Å²) in [5.74, 6) is 0. The number of aromatic nitrogens is 2. The first-order chi connectivity index (χ1) is 8.59. The average Bonchev–Trinajstić information content (AvgIpc) is 2.30. The number of aryl methyl sites for hydroxylation is 1. The Bertz CT molecular complexity index is 686. The highest BCUT2D eigenvalue weighted by molar-refractivity contribution is 7.89. The topological polar surface area (TPSA) is 102 Å². The van der Waals surface area contributed by atoms with Gasteiger partial charge in [-0.05, 0) is 6.92 Å². The van der Waals surface area contributed by atoms with E-state index in [9.17, 15) is 23.1 Å². The van der Waals surface area contributed by atoms with Crippen LogP contribution < -0.4 is 11.2 Å². The fourth-order valence-corrected chi connectivity index (χ4v) is 2.99. The van der Waals surface area contributed by atoms with Gasteiger partial charge < -0.3 is 9.67 Å². The smallest absolute Gasteiger partial charge is 0.330 e. The average molecular weight is 291 g/mol. The molecule has 1 N–H and O–H groups in total. The Labute approximate surface area is 110 Å². The molecule has 0 spiro atoms. The Kier molecular flexibility index (Phi) is 4.33. The molecule has 0 radical (unpaired) electrons. The Morgan fingerprint density at radius 3 is 2.37 bits per heavy atom. The molecule has 0 aromatic carbocycles. The number of aliphatic hydroxyl groups is 1. The molecular weight excluding hydrogens is 274 g/mol. The lowest BCUT2D eigenvalue weighted by atomic mass is 10.4. The van der Waals surface area contributed by atoms with E-state index in [2.05, 4.69) is 0 Å². The Morgan fingerprint density at radius 2 is 1.89 bits per heavy atom. The Balaban J connectivity index is 3.47. The minimum absolute atomic E-state index is 0.145. The van der Waals surface area contributed by atoms with E-state index in [0.29, 0.717) is 0 Å². The molecule has 0 aliphatic rings. The first-order valence-corrected chi connectivity index (χ1v) is 6.94. The quantitative estimate of drug-likeness (QED) is 0.697. The monoisotopic (exact) mass is 291 g/mol. The zero-order valence-electron chi connectivity index (χ0n) is 11.2. The molecule has 0 fully saturated rings. The number of hydrogen-bond acceptors (Lipinski definition) is 5. The van der Waals surface area contributed by atoms with E-state index >= 15 is 0 Å². The van der Waals surface area contributed by atoms with Crippen molar-refractivity contribution in [1.82, 2.24) is 13.4 Å². The summed E-state index contributed by atoms with van der Waals surface area (Å²) in [4.78, 5) is 22.9. The number of sulfonamides is 1. The third kappa shape index (κ3) is 2.94. The van der Waals surface area contributed by atoms with Crippen LogP contribution in [0.4, 0.5) is 0 Å². The number of hydrogen-bond donors (Lipinski definition) is 1. The summed E-state index contributed by atoms with van der Waals surface area (Å²) in [6, 6.07) is 0. The van der Waals surface area contributed by atoms with Gasteiger partial charge in [0.25, 0.3) is 5.56 Å². The van der Waals surface area contributed by atoms with Crippen LogP contribution >= 0.6 is 0 Å². The lowest BCUT2D eigenvalue weighted by molar-refractivity contribution is 0.171. The van der Waals surface area contributed by atoms with Gasteiger partial charge in [-0.1, -0.05) is 0 Å². The maximum atomic E-state index is 12.2. The standard InChI is InChI=1S/C10H17N3O5S/c1-7(14)5-12(3)19(17,18)8-6-11(2)10(16)13(4)9(8)15/h6-7,14H,5H2,1-4H3. The minimum atomic E-state index is -4.05. The summed E-state index contributed by atoms with van der Waals surface area (Å²) in [6.07, 6.45) is 0.120. The zero-order valence-corrected chi connectivity index (χ0v) is 12.0. The van der Waals surface area contributed by atoms with Crippen molar-refractivity contribution in [3.8, 4) is 0 Å². The molecular formula is C10H17N3O5S. The highest BCUT2D eigenvalue weighted by Crippen LogP contribution is 2.08. The van der Waals surface area contributed by atoms with Crippen molar-refractivity contribution in [3.05, 3.63) is 27.0 Å². The van der Waals surface area contributed by atoms with Crippen LogP contribution in [0.1, 0.15) is 6.92 Å². The van der Waals surface area contributed by atoms with Gasteiger partial charge in [0, 0.05) is 33.9 Å². The van der Waals surface area contributed by atoms with Gasteiger partial charge in [-0.25, -0.2) is 13.2 Å². The van der Waals surface area contributed by atoms with Crippen molar-refractivity contribution < 1.29 is 13.5 Å². The number of likely N-dealkylation sites (N-methyl/N-ethyl adjacent to an activating group) is 1. The van der Waals surface area contributed by atoms with Gasteiger partial charge in [0.2, 0.25) is 10.0 Å². The van der Waals surface area contributed by atoms with Crippen LogP contribution in [0.5, 0.6) is 0 Å². The van der Waals surface area contributed by atoms with Crippen molar-refractivity contribution in [2.24, 2.45) is 14.1 Å². The number of nitrogens with zero attached hydrogens (tertiary/aromatic N) is 3. The van der Waals surface area contributed by atoms with E-state index in [-0.39, 0.29) is 6.54 Å². The van der Waals surface area contributed by atoms with Gasteiger partial charge in [0.1, 0.15) is 0 Å². The van der Waals surface area contributed by atoms with Crippen LogP contribution in [0.15, 0.2) is 20.7 Å². The van der Waals surface area contributed by atoms with E-state index in [1.54, 1.807) is 0 Å². The van der Waals surface area contributed by atoms with Crippen LogP contribution in [-0.2, 0) is 24.1 Å². The molecule has 1 rings (SSSR count). The molecule has 1 aromatic rings. The first kappa shape index (κ1) is 15.6. The lowest BCUT2D eigenvalue weighted by Gasteiger charge is -2.18. The van der Waals surface area contributed by atoms with Gasteiger partial charge in [-0.15, -0.1) is 0 Å². The molecule has 1 heterocycles. The molecule has 1 unspecified atom stereocenters. The predicted molar refractivity (Wildman–Crippen MR) is 68.4 cm³/mol. The molecule has 0 aliphatic carbocycles. The van der Waals surface area contributed by atoms with Gasteiger partial charge >= 0.3 is 5.69 Å². The van der Waals surface area contributed by atoms with Gasteiger partial charge in [0.05, 0.1) is 6.10 Å². The van der Waals surface area contributed by atoms with Gasteiger partial charge in [0.15, 0.2) is 4.90 Å². The molecule has 0 saturated carbocycles. The minimum Gasteiger partial charge on any atom is -0.392 e. The second kappa shape index (κ2) is 5.27. The normalized spacial score (nSPS) is 13.8. The molecule has 0 saturated heterocycles. The van der Waals surface area contributed by atoms with E-state index in [1.165, 1.54) is 28.1 Å². The molecule has 0 amide bonds. The molecule has 0 bridgehead atoms. The van der Waals surface area contributed by atoms with Crippen molar-refractivity contribution in [2.75, 3.05) is 13.6 Å². The predicted octanol–water partition coefficient (Wildman–Crippen LogP) is -1.91.